The van der Waals surface area contributed by atoms with Gasteiger partial charge in [0.2, 0.25) is 0 Å². The van der Waals surface area contributed by atoms with Crippen molar-refractivity contribution >= 4 is 24.2 Å². The van der Waals surface area contributed by atoms with E-state index in [2.05, 4.69) is 0 Å². The summed E-state index contributed by atoms with van der Waals surface area (Å²) in [4.78, 5) is 0. The highest BCUT2D eigenvalue weighted by atomic mass is 35.5. The largest absolute Gasteiger partial charge is 0.506 e. The quantitative estimate of drug-likeness (QED) is 0.543. The Labute approximate surface area is 75.4 Å². The Morgan fingerprint density at radius 2 is 1.92 bits per heavy atom. The maximum Gasteiger partial charge on any atom is 0.488 e. The highest BCUT2D eigenvalue weighted by Gasteiger charge is 2.15. The summed E-state index contributed by atoms with van der Waals surface area (Å²) in [6.45, 7) is 1.66. The molecular formula is C7H8BClO3. The molecule has 0 saturated carbocycles. The predicted molar refractivity (Wildman–Crippen MR) is 47.7 cm³/mol. The Kier molecular flexibility index (Phi) is 2.62. The normalized spacial score (nSPS) is 10.0. The molecule has 1 rings (SSSR count). The van der Waals surface area contributed by atoms with Crippen molar-refractivity contribution in [2.75, 3.05) is 0 Å². The second kappa shape index (κ2) is 3.35. The molecule has 0 heterocycles. The summed E-state index contributed by atoms with van der Waals surface area (Å²) in [6, 6.07) is 2.72. The maximum absolute atomic E-state index is 9.11. The van der Waals surface area contributed by atoms with Crippen LogP contribution in [0.5, 0.6) is 5.75 Å². The van der Waals surface area contributed by atoms with E-state index in [1.807, 2.05) is 0 Å². The average Bonchev–Trinajstić information content (AvgIpc) is 1.96. The minimum absolute atomic E-state index is 0.0569. The van der Waals surface area contributed by atoms with E-state index in [1.165, 1.54) is 12.1 Å². The smallest absolute Gasteiger partial charge is 0.488 e. The molecule has 0 spiro atoms. The van der Waals surface area contributed by atoms with Gasteiger partial charge in [0.1, 0.15) is 5.75 Å². The van der Waals surface area contributed by atoms with Gasteiger partial charge in [-0.05, 0) is 30.1 Å². The topological polar surface area (TPSA) is 60.7 Å². The number of aryl methyl sites for hydroxylation is 1. The highest BCUT2D eigenvalue weighted by Crippen LogP contribution is 2.22. The molecule has 5 heteroatoms. The van der Waals surface area contributed by atoms with Gasteiger partial charge in [-0.15, -0.1) is 0 Å². The monoisotopic (exact) mass is 186 g/mol. The third-order valence-corrected chi connectivity index (χ3v) is 1.92. The fourth-order valence-corrected chi connectivity index (χ4v) is 1.13. The third-order valence-electron chi connectivity index (χ3n) is 1.61. The summed E-state index contributed by atoms with van der Waals surface area (Å²) in [6.07, 6.45) is 0. The molecule has 0 aliphatic heterocycles. The number of benzene rings is 1. The fraction of sp³-hybridized carbons (Fsp3) is 0.143. The molecule has 0 aromatic heterocycles. The van der Waals surface area contributed by atoms with Crippen LogP contribution in [0.2, 0.25) is 5.02 Å². The molecule has 0 aliphatic rings. The lowest BCUT2D eigenvalue weighted by Crippen LogP contribution is -2.31. The molecule has 3 N–H and O–H groups in total. The number of phenols is 1. The van der Waals surface area contributed by atoms with Crippen molar-refractivity contribution in [3.63, 3.8) is 0 Å². The summed E-state index contributed by atoms with van der Waals surface area (Å²) in [7, 11) is -1.55. The molecule has 0 bridgehead atoms. The van der Waals surface area contributed by atoms with Crippen molar-refractivity contribution < 1.29 is 15.2 Å². The van der Waals surface area contributed by atoms with Crippen LogP contribution in [-0.2, 0) is 0 Å². The first-order valence-electron chi connectivity index (χ1n) is 3.37. The molecule has 0 fully saturated rings. The molecule has 1 aromatic carbocycles. The van der Waals surface area contributed by atoms with Crippen LogP contribution < -0.4 is 5.46 Å². The molecule has 0 radical (unpaired) electrons. The number of phenolic OH excluding ortho intramolecular Hbond substituents is 1. The Morgan fingerprint density at radius 1 is 1.33 bits per heavy atom. The second-order valence-corrected chi connectivity index (χ2v) is 2.94. The van der Waals surface area contributed by atoms with Gasteiger partial charge in [0.05, 0.1) is 5.02 Å². The Bertz CT molecular complexity index is 301. The van der Waals surface area contributed by atoms with Crippen LogP contribution in [0.3, 0.4) is 0 Å². The zero-order chi connectivity index (χ0) is 9.30. The molecule has 0 unspecified atom stereocenters. The lowest BCUT2D eigenvalue weighted by Gasteiger charge is -2.05. The van der Waals surface area contributed by atoms with E-state index in [1.54, 1.807) is 6.92 Å². The molecule has 64 valence electrons. The van der Waals surface area contributed by atoms with Crippen LogP contribution in [0, 0.1) is 6.92 Å². The van der Waals surface area contributed by atoms with Crippen molar-refractivity contribution in [1.29, 1.82) is 0 Å². The van der Waals surface area contributed by atoms with Gasteiger partial charge >= 0.3 is 7.12 Å². The molecule has 0 aliphatic carbocycles. The highest BCUT2D eigenvalue weighted by molar-refractivity contribution is 6.59. The number of rotatable bonds is 1. The third kappa shape index (κ3) is 1.72. The molecule has 0 saturated heterocycles. The van der Waals surface area contributed by atoms with Crippen LogP contribution in [-0.4, -0.2) is 22.3 Å². The van der Waals surface area contributed by atoms with Crippen molar-refractivity contribution in [3.8, 4) is 5.75 Å². The summed E-state index contributed by atoms with van der Waals surface area (Å²) in [5.74, 6) is -0.0569. The van der Waals surface area contributed by atoms with Crippen LogP contribution >= 0.6 is 11.6 Å². The lowest BCUT2D eigenvalue weighted by molar-refractivity contribution is 0.425. The zero-order valence-electron chi connectivity index (χ0n) is 6.45. The van der Waals surface area contributed by atoms with Crippen molar-refractivity contribution in [2.45, 2.75) is 6.92 Å². The first kappa shape index (κ1) is 9.38. The summed E-state index contributed by atoms with van der Waals surface area (Å²) < 4.78 is 0. The van der Waals surface area contributed by atoms with Crippen LogP contribution in [0.25, 0.3) is 0 Å². The Hall–Kier alpha value is -0.705. The first-order chi connectivity index (χ1) is 5.52. The first-order valence-corrected chi connectivity index (χ1v) is 3.75. The predicted octanol–water partition coefficient (Wildman–Crippen LogP) is 0.0338. The van der Waals surface area contributed by atoms with E-state index in [0.717, 1.165) is 0 Å². The maximum atomic E-state index is 9.11. The number of hydrogen-bond donors (Lipinski definition) is 3. The Balaban J connectivity index is 3.23. The van der Waals surface area contributed by atoms with E-state index < -0.39 is 7.12 Å². The van der Waals surface area contributed by atoms with Crippen molar-refractivity contribution in [2.24, 2.45) is 0 Å². The second-order valence-electron chi connectivity index (χ2n) is 2.53. The molecule has 1 aromatic rings. The lowest BCUT2D eigenvalue weighted by atomic mass is 9.77. The van der Waals surface area contributed by atoms with Gasteiger partial charge in [-0.25, -0.2) is 0 Å². The van der Waals surface area contributed by atoms with Gasteiger partial charge in [-0.1, -0.05) is 11.6 Å². The number of halogens is 1. The number of aromatic hydroxyl groups is 1. The number of hydrogen-bond acceptors (Lipinski definition) is 3. The van der Waals surface area contributed by atoms with Gasteiger partial charge in [0, 0.05) is 0 Å². The van der Waals surface area contributed by atoms with E-state index >= 15 is 0 Å². The van der Waals surface area contributed by atoms with E-state index in [9.17, 15) is 0 Å². The molecule has 0 atom stereocenters. The van der Waals surface area contributed by atoms with E-state index in [4.69, 9.17) is 26.8 Å². The molecule has 0 amide bonds. The molecule has 12 heavy (non-hydrogen) atoms. The van der Waals surface area contributed by atoms with Crippen LogP contribution in [0.1, 0.15) is 5.56 Å². The minimum atomic E-state index is -1.55. The molecular weight excluding hydrogens is 178 g/mol. The standard InChI is InChI=1S/C7H8BClO3/c1-4-2-7(10)6(9)3-5(4)8(11)12/h2-3,10-12H,1H3. The van der Waals surface area contributed by atoms with E-state index in [0.29, 0.717) is 11.0 Å². The minimum Gasteiger partial charge on any atom is -0.506 e. The van der Waals surface area contributed by atoms with Crippen LogP contribution in [0.4, 0.5) is 0 Å². The van der Waals surface area contributed by atoms with Crippen molar-refractivity contribution in [1.82, 2.24) is 0 Å². The van der Waals surface area contributed by atoms with Gasteiger partial charge in [-0.3, -0.25) is 0 Å². The van der Waals surface area contributed by atoms with Gasteiger partial charge in [0.25, 0.3) is 0 Å². The van der Waals surface area contributed by atoms with E-state index in [-0.39, 0.29) is 10.8 Å². The van der Waals surface area contributed by atoms with Gasteiger partial charge < -0.3 is 15.2 Å². The van der Waals surface area contributed by atoms with Gasteiger partial charge in [-0.2, -0.15) is 0 Å². The summed E-state index contributed by atoms with van der Waals surface area (Å²) in [5.41, 5.74) is 0.893. The van der Waals surface area contributed by atoms with Crippen LogP contribution in [0.15, 0.2) is 12.1 Å². The van der Waals surface area contributed by atoms with Gasteiger partial charge in [0.15, 0.2) is 0 Å². The fourth-order valence-electron chi connectivity index (χ4n) is 0.960. The SMILES string of the molecule is Cc1cc(O)c(Cl)cc1B(O)O. The Morgan fingerprint density at radius 3 is 2.42 bits per heavy atom. The zero-order valence-corrected chi connectivity index (χ0v) is 7.21. The molecule has 3 nitrogen and oxygen atoms in total. The summed E-state index contributed by atoms with van der Waals surface area (Å²) >= 11 is 5.56. The average molecular weight is 186 g/mol. The summed E-state index contributed by atoms with van der Waals surface area (Å²) in [5, 5.41) is 26.9. The van der Waals surface area contributed by atoms with Crippen molar-refractivity contribution in [3.05, 3.63) is 22.7 Å².